The van der Waals surface area contributed by atoms with Crippen molar-refractivity contribution in [1.29, 1.82) is 0 Å². The predicted molar refractivity (Wildman–Crippen MR) is 87.8 cm³/mol. The van der Waals surface area contributed by atoms with Crippen molar-refractivity contribution in [2.45, 2.75) is 36.7 Å². The molecule has 3 atom stereocenters. The zero-order valence-corrected chi connectivity index (χ0v) is 13.9. The molecule has 0 aliphatic heterocycles. The van der Waals surface area contributed by atoms with Crippen LogP contribution >= 0.6 is 23.4 Å². The smallest absolute Gasteiger partial charge is 0.315 e. The van der Waals surface area contributed by atoms with Gasteiger partial charge in [0, 0.05) is 17.8 Å². The summed E-state index contributed by atoms with van der Waals surface area (Å²) in [4.78, 5) is 11.8. The van der Waals surface area contributed by atoms with E-state index in [0.29, 0.717) is 10.8 Å². The Bertz CT molecular complexity index is 532. The van der Waals surface area contributed by atoms with Crippen LogP contribution in [-0.4, -0.2) is 35.2 Å². The number of rotatable bonds is 5. The Balaban J connectivity index is 1.77. The third-order valence-corrected chi connectivity index (χ3v) is 5.24. The Hall–Kier alpha value is -0.980. The summed E-state index contributed by atoms with van der Waals surface area (Å²) in [7, 11) is 0. The highest BCUT2D eigenvalue weighted by molar-refractivity contribution is 7.99. The van der Waals surface area contributed by atoms with E-state index in [2.05, 4.69) is 16.9 Å². The zero-order valence-electron chi connectivity index (χ0n) is 12.3. The first-order valence-electron chi connectivity index (χ1n) is 7.19. The predicted octanol–water partition coefficient (Wildman–Crippen LogP) is 3.10. The SMILES string of the molecule is CSC1CCC(NC(=O)NCC(O)c2ccc(Cl)c(F)c2)C1. The lowest BCUT2D eigenvalue weighted by atomic mass is 10.1. The van der Waals surface area contributed by atoms with Crippen molar-refractivity contribution in [3.8, 4) is 0 Å². The molecule has 2 amide bonds. The van der Waals surface area contributed by atoms with Gasteiger partial charge in [-0.1, -0.05) is 17.7 Å². The number of amides is 2. The minimum absolute atomic E-state index is 0.00577. The molecule has 1 aliphatic carbocycles. The lowest BCUT2D eigenvalue weighted by molar-refractivity contribution is 0.172. The third-order valence-electron chi connectivity index (χ3n) is 3.84. The summed E-state index contributed by atoms with van der Waals surface area (Å²) in [6, 6.07) is 3.97. The van der Waals surface area contributed by atoms with Crippen molar-refractivity contribution >= 4 is 29.4 Å². The highest BCUT2D eigenvalue weighted by atomic mass is 35.5. The van der Waals surface area contributed by atoms with E-state index in [-0.39, 0.29) is 23.6 Å². The molecule has 1 saturated carbocycles. The van der Waals surface area contributed by atoms with Gasteiger partial charge in [0.05, 0.1) is 11.1 Å². The van der Waals surface area contributed by atoms with Gasteiger partial charge < -0.3 is 15.7 Å². The Kier molecular flexibility index (Phi) is 6.35. The van der Waals surface area contributed by atoms with E-state index in [1.807, 2.05) is 11.8 Å². The molecule has 0 saturated heterocycles. The van der Waals surface area contributed by atoms with Gasteiger partial charge in [0.25, 0.3) is 0 Å². The van der Waals surface area contributed by atoms with Crippen LogP contribution in [0.3, 0.4) is 0 Å². The van der Waals surface area contributed by atoms with Crippen molar-refractivity contribution in [1.82, 2.24) is 10.6 Å². The van der Waals surface area contributed by atoms with E-state index < -0.39 is 11.9 Å². The summed E-state index contributed by atoms with van der Waals surface area (Å²) in [6.07, 6.45) is 4.16. The monoisotopic (exact) mass is 346 g/mol. The molecule has 7 heteroatoms. The quantitative estimate of drug-likeness (QED) is 0.767. The van der Waals surface area contributed by atoms with Crippen molar-refractivity contribution < 1.29 is 14.3 Å². The number of hydrogen-bond donors (Lipinski definition) is 3. The first-order chi connectivity index (χ1) is 10.5. The molecule has 122 valence electrons. The number of aliphatic hydroxyl groups is 1. The summed E-state index contributed by atoms with van der Waals surface area (Å²) in [5, 5.41) is 16.1. The normalized spacial score (nSPS) is 22.4. The lowest BCUT2D eigenvalue weighted by Crippen LogP contribution is -2.42. The van der Waals surface area contributed by atoms with Gasteiger partial charge in [0.2, 0.25) is 0 Å². The molecule has 0 spiro atoms. The average molecular weight is 347 g/mol. The molecule has 1 aromatic rings. The van der Waals surface area contributed by atoms with E-state index in [1.54, 1.807) is 0 Å². The van der Waals surface area contributed by atoms with E-state index >= 15 is 0 Å². The van der Waals surface area contributed by atoms with Gasteiger partial charge in [-0.2, -0.15) is 11.8 Å². The summed E-state index contributed by atoms with van der Waals surface area (Å²) in [5.74, 6) is -0.586. The molecule has 2 rings (SSSR count). The van der Waals surface area contributed by atoms with Gasteiger partial charge in [-0.05, 0) is 43.2 Å². The molecule has 0 heterocycles. The van der Waals surface area contributed by atoms with Crippen molar-refractivity contribution in [3.05, 3.63) is 34.6 Å². The maximum Gasteiger partial charge on any atom is 0.315 e. The minimum atomic E-state index is -0.972. The first-order valence-corrected chi connectivity index (χ1v) is 8.86. The first kappa shape index (κ1) is 17.4. The standard InChI is InChI=1S/C15H20ClFN2O2S/c1-22-11-4-3-10(7-11)19-15(21)18-8-14(20)9-2-5-12(16)13(17)6-9/h2,5-6,10-11,14,20H,3-4,7-8H2,1H3,(H2,18,19,21). The number of urea groups is 1. The lowest BCUT2D eigenvalue weighted by Gasteiger charge is -2.16. The molecule has 0 radical (unpaired) electrons. The van der Waals surface area contributed by atoms with Crippen molar-refractivity contribution in [2.75, 3.05) is 12.8 Å². The van der Waals surface area contributed by atoms with Crippen LogP contribution < -0.4 is 10.6 Å². The van der Waals surface area contributed by atoms with Gasteiger partial charge in [0.15, 0.2) is 0 Å². The second-order valence-corrected chi connectivity index (χ2v) is 6.96. The second-order valence-electron chi connectivity index (χ2n) is 5.41. The van der Waals surface area contributed by atoms with Crippen LogP contribution in [0.4, 0.5) is 9.18 Å². The summed E-state index contributed by atoms with van der Waals surface area (Å²) in [6.45, 7) is 0.0194. The van der Waals surface area contributed by atoms with Crippen LogP contribution in [-0.2, 0) is 0 Å². The molecular weight excluding hydrogens is 327 g/mol. The Morgan fingerprint density at radius 1 is 1.55 bits per heavy atom. The third kappa shape index (κ3) is 4.76. The molecule has 3 unspecified atom stereocenters. The number of carbonyl (C=O) groups excluding carboxylic acids is 1. The molecule has 1 aliphatic rings. The molecule has 3 N–H and O–H groups in total. The average Bonchev–Trinajstić information content (AvgIpc) is 2.95. The fourth-order valence-corrected chi connectivity index (χ4v) is 3.46. The molecule has 22 heavy (non-hydrogen) atoms. The summed E-state index contributed by atoms with van der Waals surface area (Å²) in [5.41, 5.74) is 0.380. The molecule has 0 aromatic heterocycles. The zero-order chi connectivity index (χ0) is 16.1. The fraction of sp³-hybridized carbons (Fsp3) is 0.533. The van der Waals surface area contributed by atoms with Crippen LogP contribution in [0.1, 0.15) is 30.9 Å². The number of hydrogen-bond acceptors (Lipinski definition) is 3. The van der Waals surface area contributed by atoms with E-state index in [9.17, 15) is 14.3 Å². The summed E-state index contributed by atoms with van der Waals surface area (Å²) < 4.78 is 13.3. The maximum absolute atomic E-state index is 13.3. The molecule has 0 bridgehead atoms. The molecular formula is C15H20ClFN2O2S. The molecule has 1 fully saturated rings. The second kappa shape index (κ2) is 8.04. The Labute approximate surface area is 138 Å². The van der Waals surface area contributed by atoms with Crippen LogP contribution in [0.2, 0.25) is 5.02 Å². The van der Waals surface area contributed by atoms with Gasteiger partial charge >= 0.3 is 6.03 Å². The van der Waals surface area contributed by atoms with Crippen molar-refractivity contribution in [2.24, 2.45) is 0 Å². The fourth-order valence-electron chi connectivity index (χ4n) is 2.55. The summed E-state index contributed by atoms with van der Waals surface area (Å²) >= 11 is 7.42. The van der Waals surface area contributed by atoms with Gasteiger partial charge in [-0.3, -0.25) is 0 Å². The number of thioether (sulfide) groups is 1. The Morgan fingerprint density at radius 3 is 2.95 bits per heavy atom. The van der Waals surface area contributed by atoms with E-state index in [1.165, 1.54) is 18.2 Å². The largest absolute Gasteiger partial charge is 0.387 e. The molecule has 1 aromatic carbocycles. The Morgan fingerprint density at radius 2 is 2.32 bits per heavy atom. The van der Waals surface area contributed by atoms with Gasteiger partial charge in [0.1, 0.15) is 5.82 Å². The number of benzene rings is 1. The number of aliphatic hydroxyl groups excluding tert-OH is 1. The highest BCUT2D eigenvalue weighted by Gasteiger charge is 2.25. The molecule has 4 nitrogen and oxygen atoms in total. The van der Waals surface area contributed by atoms with Crippen molar-refractivity contribution in [3.63, 3.8) is 0 Å². The highest BCUT2D eigenvalue weighted by Crippen LogP contribution is 2.28. The minimum Gasteiger partial charge on any atom is -0.387 e. The van der Waals surface area contributed by atoms with E-state index in [0.717, 1.165) is 19.3 Å². The van der Waals surface area contributed by atoms with Crippen LogP contribution in [0.5, 0.6) is 0 Å². The number of carbonyl (C=O) groups is 1. The number of halogens is 2. The van der Waals surface area contributed by atoms with Gasteiger partial charge in [-0.25, -0.2) is 9.18 Å². The maximum atomic E-state index is 13.3. The van der Waals surface area contributed by atoms with Crippen LogP contribution in [0, 0.1) is 5.82 Å². The topological polar surface area (TPSA) is 61.4 Å². The van der Waals surface area contributed by atoms with Gasteiger partial charge in [-0.15, -0.1) is 0 Å². The van der Waals surface area contributed by atoms with Crippen LogP contribution in [0.15, 0.2) is 18.2 Å². The van der Waals surface area contributed by atoms with Crippen LogP contribution in [0.25, 0.3) is 0 Å². The number of nitrogens with one attached hydrogen (secondary N) is 2. The van der Waals surface area contributed by atoms with E-state index in [4.69, 9.17) is 11.6 Å².